The highest BCUT2D eigenvalue weighted by Gasteiger charge is 2.07. The average Bonchev–Trinajstić information content (AvgIpc) is 2.51. The van der Waals surface area contributed by atoms with E-state index in [2.05, 4.69) is 10.3 Å². The average molecular weight is 337 g/mol. The Hall–Kier alpha value is -2.35. The van der Waals surface area contributed by atoms with Crippen molar-refractivity contribution in [2.75, 3.05) is 18.1 Å². The summed E-state index contributed by atoms with van der Waals surface area (Å²) in [5.41, 5.74) is 1.59. The van der Waals surface area contributed by atoms with Gasteiger partial charge < -0.3 is 10.4 Å². The van der Waals surface area contributed by atoms with Gasteiger partial charge in [0.05, 0.1) is 5.75 Å². The fraction of sp³-hybridized carbons (Fsp3) is 0.333. The maximum Gasteiger partial charge on any atom is 0.411 e. The normalized spacial score (nSPS) is 11.0. The molecule has 0 aliphatic heterocycles. The summed E-state index contributed by atoms with van der Waals surface area (Å²) in [5.74, 6) is -0.657. The maximum absolute atomic E-state index is 11.8. The summed E-state index contributed by atoms with van der Waals surface area (Å²) in [7, 11) is 1.69. The number of nitrogens with one attached hydrogen (secondary N) is 2. The second kappa shape index (κ2) is 9.62. The van der Waals surface area contributed by atoms with Gasteiger partial charge in [0, 0.05) is 29.8 Å². The number of benzene rings is 1. The van der Waals surface area contributed by atoms with E-state index in [-0.39, 0.29) is 11.7 Å². The zero-order valence-electron chi connectivity index (χ0n) is 13.0. The van der Waals surface area contributed by atoms with Gasteiger partial charge in [-0.1, -0.05) is 0 Å². The van der Waals surface area contributed by atoms with E-state index < -0.39 is 12.0 Å². The summed E-state index contributed by atoms with van der Waals surface area (Å²) in [6.07, 6.45) is -0.374. The van der Waals surface area contributed by atoms with E-state index in [4.69, 9.17) is 5.11 Å². The van der Waals surface area contributed by atoms with Crippen molar-refractivity contribution < 1.29 is 19.5 Å². The molecule has 0 aromatic heterocycles. The Balaban J connectivity index is 2.42. The zero-order valence-corrected chi connectivity index (χ0v) is 13.8. The molecule has 0 saturated heterocycles. The molecule has 0 fully saturated rings. The van der Waals surface area contributed by atoms with Crippen LogP contribution < -0.4 is 10.6 Å². The standard InChI is InChI=1S/C15H19N3O4S/c1-10(16-2)3-8-13(19)17-11-4-6-12(7-5-11)23-9-14(20)18-15(21)22/h4-7H,3,8-9H2,1-2H3,(H,17,19)(H,18,20)(H,21,22). The molecule has 1 rings (SSSR count). The highest BCUT2D eigenvalue weighted by molar-refractivity contribution is 8.00. The number of hydrogen-bond donors (Lipinski definition) is 3. The molecule has 0 atom stereocenters. The van der Waals surface area contributed by atoms with E-state index in [1.807, 2.05) is 6.92 Å². The van der Waals surface area contributed by atoms with Crippen molar-refractivity contribution in [2.45, 2.75) is 24.7 Å². The molecule has 0 aliphatic carbocycles. The third kappa shape index (κ3) is 8.01. The quantitative estimate of drug-likeness (QED) is 0.523. The van der Waals surface area contributed by atoms with E-state index in [0.29, 0.717) is 18.5 Å². The van der Waals surface area contributed by atoms with E-state index in [1.165, 1.54) is 11.8 Å². The second-order valence-corrected chi connectivity index (χ2v) is 5.72. The minimum absolute atomic E-state index is 0.00757. The Bertz CT molecular complexity index is 599. The van der Waals surface area contributed by atoms with Crippen LogP contribution in [-0.4, -0.2) is 41.5 Å². The lowest BCUT2D eigenvalue weighted by atomic mass is 10.2. The third-order valence-corrected chi connectivity index (χ3v) is 3.86. The summed E-state index contributed by atoms with van der Waals surface area (Å²) in [4.78, 5) is 38.1. The Labute approximate surface area is 138 Å². The molecule has 3 amide bonds. The minimum Gasteiger partial charge on any atom is -0.465 e. The first-order valence-corrected chi connectivity index (χ1v) is 7.87. The van der Waals surface area contributed by atoms with Crippen molar-refractivity contribution in [3.63, 3.8) is 0 Å². The molecule has 0 heterocycles. The summed E-state index contributed by atoms with van der Waals surface area (Å²) in [6, 6.07) is 6.98. The van der Waals surface area contributed by atoms with Gasteiger partial charge in [0.1, 0.15) is 0 Å². The lowest BCUT2D eigenvalue weighted by Gasteiger charge is -2.06. The van der Waals surface area contributed by atoms with Crippen molar-refractivity contribution in [3.05, 3.63) is 24.3 Å². The van der Waals surface area contributed by atoms with E-state index in [0.717, 1.165) is 10.6 Å². The summed E-state index contributed by atoms with van der Waals surface area (Å²) in [6.45, 7) is 1.87. The number of imide groups is 1. The molecule has 0 spiro atoms. The van der Waals surface area contributed by atoms with Gasteiger partial charge in [0.25, 0.3) is 0 Å². The van der Waals surface area contributed by atoms with Crippen LogP contribution in [0.15, 0.2) is 34.2 Å². The Morgan fingerprint density at radius 2 is 1.78 bits per heavy atom. The van der Waals surface area contributed by atoms with E-state index in [1.54, 1.807) is 36.6 Å². The number of amides is 3. The number of rotatable bonds is 7. The van der Waals surface area contributed by atoms with Gasteiger partial charge in [0.2, 0.25) is 11.8 Å². The molecule has 0 saturated carbocycles. The van der Waals surface area contributed by atoms with Crippen LogP contribution in [0.2, 0.25) is 0 Å². The predicted octanol–water partition coefficient (Wildman–Crippen LogP) is 2.38. The molecule has 0 unspecified atom stereocenters. The molecule has 8 heteroatoms. The Morgan fingerprint density at radius 1 is 1.13 bits per heavy atom. The first kappa shape index (κ1) is 18.7. The largest absolute Gasteiger partial charge is 0.465 e. The molecule has 7 nitrogen and oxygen atoms in total. The molecule has 124 valence electrons. The first-order valence-electron chi connectivity index (χ1n) is 6.88. The van der Waals surface area contributed by atoms with Crippen LogP contribution in [0, 0.1) is 0 Å². The fourth-order valence-electron chi connectivity index (χ4n) is 1.57. The minimum atomic E-state index is -1.36. The fourth-order valence-corrected chi connectivity index (χ4v) is 2.27. The number of aliphatic imine (C=N–C) groups is 1. The molecule has 23 heavy (non-hydrogen) atoms. The SMILES string of the molecule is CN=C(C)CCC(=O)Nc1ccc(SCC(=O)NC(=O)O)cc1. The van der Waals surface area contributed by atoms with Gasteiger partial charge in [0.15, 0.2) is 0 Å². The topological polar surface area (TPSA) is 108 Å². The van der Waals surface area contributed by atoms with Gasteiger partial charge in [-0.05, 0) is 37.6 Å². The monoisotopic (exact) mass is 337 g/mol. The van der Waals surface area contributed by atoms with Crippen molar-refractivity contribution in [2.24, 2.45) is 4.99 Å². The molecule has 3 N–H and O–H groups in total. The Morgan fingerprint density at radius 3 is 2.35 bits per heavy atom. The highest BCUT2D eigenvalue weighted by Crippen LogP contribution is 2.20. The van der Waals surface area contributed by atoms with Gasteiger partial charge >= 0.3 is 6.09 Å². The van der Waals surface area contributed by atoms with Crippen LogP contribution in [0.5, 0.6) is 0 Å². The van der Waals surface area contributed by atoms with Gasteiger partial charge in [-0.2, -0.15) is 0 Å². The van der Waals surface area contributed by atoms with E-state index >= 15 is 0 Å². The summed E-state index contributed by atoms with van der Waals surface area (Å²) >= 11 is 1.21. The van der Waals surface area contributed by atoms with Crippen molar-refractivity contribution in [3.8, 4) is 0 Å². The summed E-state index contributed by atoms with van der Waals surface area (Å²) < 4.78 is 0. The number of carbonyl (C=O) groups excluding carboxylic acids is 2. The molecular formula is C15H19N3O4S. The van der Waals surface area contributed by atoms with Crippen LogP contribution in [0.3, 0.4) is 0 Å². The first-order chi connectivity index (χ1) is 10.9. The third-order valence-electron chi connectivity index (χ3n) is 2.85. The van der Waals surface area contributed by atoms with E-state index in [9.17, 15) is 14.4 Å². The number of nitrogens with zero attached hydrogens (tertiary/aromatic N) is 1. The lowest BCUT2D eigenvalue weighted by molar-refractivity contribution is -0.118. The Kier molecular flexibility index (Phi) is 7.82. The predicted molar refractivity (Wildman–Crippen MR) is 90.2 cm³/mol. The number of anilines is 1. The van der Waals surface area contributed by atoms with Crippen LogP contribution in [0.1, 0.15) is 19.8 Å². The van der Waals surface area contributed by atoms with Crippen LogP contribution in [0.25, 0.3) is 0 Å². The van der Waals surface area contributed by atoms with Crippen LogP contribution >= 0.6 is 11.8 Å². The number of carboxylic acid groups (broad SMARTS) is 1. The van der Waals surface area contributed by atoms with Crippen molar-refractivity contribution in [1.29, 1.82) is 0 Å². The van der Waals surface area contributed by atoms with Crippen LogP contribution in [0.4, 0.5) is 10.5 Å². The maximum atomic E-state index is 11.8. The smallest absolute Gasteiger partial charge is 0.411 e. The molecule has 0 aliphatic rings. The molecule has 1 aromatic carbocycles. The molecule has 0 bridgehead atoms. The lowest BCUT2D eigenvalue weighted by Crippen LogP contribution is -2.30. The number of thioether (sulfide) groups is 1. The van der Waals surface area contributed by atoms with Crippen LogP contribution in [-0.2, 0) is 9.59 Å². The van der Waals surface area contributed by atoms with Gasteiger partial charge in [-0.15, -0.1) is 11.8 Å². The molecule has 0 radical (unpaired) electrons. The zero-order chi connectivity index (χ0) is 17.2. The number of carbonyl (C=O) groups is 3. The number of hydrogen-bond acceptors (Lipinski definition) is 5. The van der Waals surface area contributed by atoms with Crippen molar-refractivity contribution >= 4 is 41.1 Å². The van der Waals surface area contributed by atoms with Gasteiger partial charge in [-0.3, -0.25) is 19.9 Å². The molecule has 1 aromatic rings. The summed E-state index contributed by atoms with van der Waals surface area (Å²) in [5, 5.41) is 13.0. The van der Waals surface area contributed by atoms with Crippen molar-refractivity contribution in [1.82, 2.24) is 5.32 Å². The van der Waals surface area contributed by atoms with Gasteiger partial charge in [-0.25, -0.2) is 4.79 Å². The second-order valence-electron chi connectivity index (χ2n) is 4.67. The highest BCUT2D eigenvalue weighted by atomic mass is 32.2. The molecular weight excluding hydrogens is 318 g/mol.